The van der Waals surface area contributed by atoms with Gasteiger partial charge in [-0.2, -0.15) is 8.42 Å². The first-order valence-electron chi connectivity index (χ1n) is 9.80. The maximum Gasteiger partial charge on any atom is 0.264 e. The zero-order valence-corrected chi connectivity index (χ0v) is 19.6. The van der Waals surface area contributed by atoms with E-state index in [0.717, 1.165) is 6.26 Å². The van der Waals surface area contributed by atoms with E-state index in [1.54, 1.807) is 6.08 Å². The third-order valence-corrected chi connectivity index (χ3v) is 10.5. The molecule has 0 N–H and O–H groups in total. The monoisotopic (exact) mass is 432 g/mol. The predicted molar refractivity (Wildman–Crippen MR) is 123 cm³/mol. The molecule has 6 heteroatoms. The summed E-state index contributed by atoms with van der Waals surface area (Å²) in [5, 5.41) is 2.26. The van der Waals surface area contributed by atoms with Crippen molar-refractivity contribution in [2.24, 2.45) is 5.92 Å². The van der Waals surface area contributed by atoms with Gasteiger partial charge in [-0.25, -0.2) is 0 Å². The summed E-state index contributed by atoms with van der Waals surface area (Å²) in [4.78, 5) is 0. The molecule has 0 saturated heterocycles. The molecular weight excluding hydrogens is 400 g/mol. The first kappa shape index (κ1) is 23.5. The van der Waals surface area contributed by atoms with Crippen molar-refractivity contribution in [3.8, 4) is 0 Å². The Kier molecular flexibility index (Phi) is 7.99. The topological polar surface area (TPSA) is 52.6 Å². The van der Waals surface area contributed by atoms with Crippen LogP contribution in [0.25, 0.3) is 0 Å². The lowest BCUT2D eigenvalue weighted by atomic mass is 10.1. The van der Waals surface area contributed by atoms with Crippen LogP contribution in [0.15, 0.2) is 73.3 Å². The van der Waals surface area contributed by atoms with E-state index >= 15 is 0 Å². The minimum atomic E-state index is -3.50. The second kappa shape index (κ2) is 9.85. The Balaban J connectivity index is 2.46. The molecule has 0 aromatic heterocycles. The summed E-state index contributed by atoms with van der Waals surface area (Å²) in [6.45, 7) is 10.9. The van der Waals surface area contributed by atoms with Crippen LogP contribution in [0.5, 0.6) is 0 Å². The summed E-state index contributed by atoms with van der Waals surface area (Å²) in [6, 6.07) is 20.8. The van der Waals surface area contributed by atoms with Gasteiger partial charge in [0, 0.05) is 12.5 Å². The van der Waals surface area contributed by atoms with Crippen LogP contribution in [-0.4, -0.2) is 36.2 Å². The molecule has 0 saturated carbocycles. The van der Waals surface area contributed by atoms with Crippen LogP contribution < -0.4 is 10.4 Å². The normalized spacial score (nSPS) is 13.8. The average Bonchev–Trinajstić information content (AvgIpc) is 2.66. The largest absolute Gasteiger partial charge is 0.407 e. The number of hydrogen-bond donors (Lipinski definition) is 0. The highest BCUT2D eigenvalue weighted by molar-refractivity contribution is 7.85. The first-order valence-corrected chi connectivity index (χ1v) is 13.5. The van der Waals surface area contributed by atoms with Crippen molar-refractivity contribution in [2.75, 3.05) is 19.5 Å². The number of benzene rings is 2. The highest BCUT2D eigenvalue weighted by Crippen LogP contribution is 2.37. The zero-order chi connectivity index (χ0) is 21.5. The van der Waals surface area contributed by atoms with E-state index in [-0.39, 0.29) is 17.6 Å². The molecule has 158 valence electrons. The molecule has 0 aliphatic heterocycles. The molecule has 0 spiro atoms. The Morgan fingerprint density at radius 1 is 0.966 bits per heavy atom. The van der Waals surface area contributed by atoms with Crippen LogP contribution in [0.3, 0.4) is 0 Å². The van der Waals surface area contributed by atoms with Gasteiger partial charge in [0.2, 0.25) is 0 Å². The molecule has 2 rings (SSSR count). The average molecular weight is 433 g/mol. The number of rotatable bonds is 10. The summed E-state index contributed by atoms with van der Waals surface area (Å²) < 4.78 is 34.9. The van der Waals surface area contributed by atoms with E-state index in [1.165, 1.54) is 10.4 Å². The fraction of sp³-hybridized carbons (Fsp3) is 0.391. The minimum absolute atomic E-state index is 0.0864. The maximum absolute atomic E-state index is 11.5. The van der Waals surface area contributed by atoms with Gasteiger partial charge in [0.15, 0.2) is 0 Å². The number of hydrogen-bond acceptors (Lipinski definition) is 4. The summed E-state index contributed by atoms with van der Waals surface area (Å²) in [5.74, 6) is -0.0936. The molecule has 0 aliphatic carbocycles. The van der Waals surface area contributed by atoms with Crippen LogP contribution in [0.1, 0.15) is 27.2 Å². The highest BCUT2D eigenvalue weighted by Gasteiger charge is 2.50. The molecular formula is C23H32O4SSi. The van der Waals surface area contributed by atoms with Gasteiger partial charge in [-0.3, -0.25) is 4.18 Å². The molecule has 0 aliphatic rings. The lowest BCUT2D eigenvalue weighted by Crippen LogP contribution is -2.67. The van der Waals surface area contributed by atoms with Crippen molar-refractivity contribution in [3.63, 3.8) is 0 Å². The summed E-state index contributed by atoms with van der Waals surface area (Å²) in [7, 11) is -6.16. The second-order valence-electron chi connectivity index (χ2n) is 8.35. The second-order valence-corrected chi connectivity index (χ2v) is 14.3. The molecule has 0 fully saturated rings. The smallest absolute Gasteiger partial charge is 0.264 e. The van der Waals surface area contributed by atoms with Crippen LogP contribution in [-0.2, 0) is 18.7 Å². The molecule has 0 unspecified atom stereocenters. The molecule has 0 amide bonds. The third kappa shape index (κ3) is 6.12. The Labute approximate surface area is 176 Å². The van der Waals surface area contributed by atoms with Crippen molar-refractivity contribution in [2.45, 2.75) is 32.2 Å². The molecule has 4 nitrogen and oxygen atoms in total. The fourth-order valence-electron chi connectivity index (χ4n) is 3.64. The third-order valence-electron chi connectivity index (χ3n) is 4.97. The summed E-state index contributed by atoms with van der Waals surface area (Å²) in [5.41, 5.74) is 0. The van der Waals surface area contributed by atoms with Crippen molar-refractivity contribution in [1.29, 1.82) is 0 Å². The van der Waals surface area contributed by atoms with Crippen molar-refractivity contribution < 1.29 is 17.0 Å². The maximum atomic E-state index is 11.5. The van der Waals surface area contributed by atoms with Crippen LogP contribution in [0.2, 0.25) is 5.04 Å². The molecule has 0 bridgehead atoms. The van der Waals surface area contributed by atoms with Crippen LogP contribution >= 0.6 is 0 Å². The van der Waals surface area contributed by atoms with E-state index in [2.05, 4.69) is 51.6 Å². The molecule has 2 aromatic carbocycles. The summed E-state index contributed by atoms with van der Waals surface area (Å²) >= 11 is 0. The first-order chi connectivity index (χ1) is 13.6. The van der Waals surface area contributed by atoms with Gasteiger partial charge in [0.1, 0.15) is 0 Å². The molecule has 1 atom stereocenters. The van der Waals surface area contributed by atoms with Crippen LogP contribution in [0.4, 0.5) is 0 Å². The fourth-order valence-corrected chi connectivity index (χ4v) is 8.72. The summed E-state index contributed by atoms with van der Waals surface area (Å²) in [6.07, 6.45) is 3.47. The molecule has 2 aromatic rings. The Morgan fingerprint density at radius 3 is 1.83 bits per heavy atom. The zero-order valence-electron chi connectivity index (χ0n) is 17.8. The van der Waals surface area contributed by atoms with Gasteiger partial charge >= 0.3 is 0 Å². The van der Waals surface area contributed by atoms with Crippen molar-refractivity contribution >= 4 is 28.8 Å². The van der Waals surface area contributed by atoms with E-state index < -0.39 is 18.4 Å². The minimum Gasteiger partial charge on any atom is -0.407 e. The molecule has 0 radical (unpaired) electrons. The number of allylic oxidation sites excluding steroid dienone is 1. The Hall–Kier alpha value is -1.73. The van der Waals surface area contributed by atoms with E-state index in [1.807, 2.05) is 36.4 Å². The van der Waals surface area contributed by atoms with Gasteiger partial charge in [-0.05, 0) is 21.8 Å². The van der Waals surface area contributed by atoms with Crippen molar-refractivity contribution in [3.05, 3.63) is 73.3 Å². The van der Waals surface area contributed by atoms with Gasteiger partial charge in [0.05, 0.1) is 12.9 Å². The van der Waals surface area contributed by atoms with Gasteiger partial charge < -0.3 is 4.43 Å². The van der Waals surface area contributed by atoms with Gasteiger partial charge in [-0.15, -0.1) is 6.58 Å². The lowest BCUT2D eigenvalue weighted by molar-refractivity contribution is 0.175. The molecule has 0 heterocycles. The molecule has 29 heavy (non-hydrogen) atoms. The van der Waals surface area contributed by atoms with Crippen LogP contribution in [0, 0.1) is 5.92 Å². The Bertz CT molecular complexity index is 835. The quantitative estimate of drug-likeness (QED) is 0.326. The van der Waals surface area contributed by atoms with Gasteiger partial charge in [-0.1, -0.05) is 87.5 Å². The Morgan fingerprint density at radius 2 is 1.45 bits per heavy atom. The van der Waals surface area contributed by atoms with E-state index in [4.69, 9.17) is 8.61 Å². The van der Waals surface area contributed by atoms with Gasteiger partial charge in [0.25, 0.3) is 18.4 Å². The van der Waals surface area contributed by atoms with E-state index in [9.17, 15) is 8.42 Å². The standard InChI is InChI=1S/C23H32O4SSi/c1-6-13-20(18-26-28(5,24)25)19-27-29(23(2,3)4,21-14-9-7-10-15-21)22-16-11-8-12-17-22/h6-12,14-17,20H,1,13,18-19H2,2-5H3/t20-/m0/s1. The predicted octanol–water partition coefficient (Wildman–Crippen LogP) is 3.73. The lowest BCUT2D eigenvalue weighted by Gasteiger charge is -2.43. The van der Waals surface area contributed by atoms with E-state index in [0.29, 0.717) is 13.0 Å². The van der Waals surface area contributed by atoms with Crippen molar-refractivity contribution in [1.82, 2.24) is 0 Å². The highest BCUT2D eigenvalue weighted by atomic mass is 32.2. The SMILES string of the molecule is C=CC[C@H](CO[Si](c1ccccc1)(c1ccccc1)C(C)(C)C)COS(C)(=O)=O.